The number of amides is 1. The van der Waals surface area contributed by atoms with Crippen LogP contribution in [0.1, 0.15) is 72.6 Å². The van der Waals surface area contributed by atoms with Gasteiger partial charge in [-0.15, -0.1) is 0 Å². The van der Waals surface area contributed by atoms with E-state index in [2.05, 4.69) is 24.4 Å². The minimum absolute atomic E-state index is 0.306. The lowest BCUT2D eigenvalue weighted by atomic mass is 9.90. The van der Waals surface area contributed by atoms with Gasteiger partial charge in [0.15, 0.2) is 0 Å². The van der Waals surface area contributed by atoms with E-state index in [4.69, 9.17) is 9.47 Å². The summed E-state index contributed by atoms with van der Waals surface area (Å²) >= 11 is 0. The molecule has 0 aliphatic heterocycles. The third-order valence-electron chi connectivity index (χ3n) is 3.69. The molecular weight excluding hydrogens is 278 g/mol. The molecule has 22 heavy (non-hydrogen) atoms. The van der Waals surface area contributed by atoms with Crippen molar-refractivity contribution < 1.29 is 14.3 Å². The molecule has 1 aliphatic rings. The summed E-state index contributed by atoms with van der Waals surface area (Å²) in [4.78, 5) is 11.9. The van der Waals surface area contributed by atoms with E-state index < -0.39 is 11.7 Å². The summed E-state index contributed by atoms with van der Waals surface area (Å²) in [6, 6.07) is 0. The molecule has 1 rings (SSSR count). The molecule has 1 saturated carbocycles. The van der Waals surface area contributed by atoms with E-state index in [0.717, 1.165) is 13.0 Å². The largest absolute Gasteiger partial charge is 0.444 e. The molecule has 0 heterocycles. The fourth-order valence-electron chi connectivity index (χ4n) is 2.60. The van der Waals surface area contributed by atoms with Crippen molar-refractivity contribution in [1.82, 2.24) is 5.32 Å². The lowest BCUT2D eigenvalue weighted by Gasteiger charge is -2.26. The fraction of sp³-hybridized carbons (Fsp3) is 0.833. The van der Waals surface area contributed by atoms with Gasteiger partial charge in [0.2, 0.25) is 0 Å². The second-order valence-corrected chi connectivity index (χ2v) is 7.09. The van der Waals surface area contributed by atoms with Crippen molar-refractivity contribution >= 4 is 6.09 Å². The van der Waals surface area contributed by atoms with Crippen molar-refractivity contribution in [3.8, 4) is 0 Å². The molecule has 1 amide bonds. The Morgan fingerprint density at radius 3 is 2.50 bits per heavy atom. The van der Waals surface area contributed by atoms with Crippen LogP contribution in [-0.4, -0.2) is 24.5 Å². The molecule has 128 valence electrons. The highest BCUT2D eigenvalue weighted by Crippen LogP contribution is 2.24. The SMILES string of the molecule is CC/C=C\CC(NC(=O)OC(C)(C)C)OCC1CCCCC1. The maximum atomic E-state index is 11.9. The Hall–Kier alpha value is -1.03. The lowest BCUT2D eigenvalue weighted by Crippen LogP contribution is -2.41. The molecule has 0 aromatic carbocycles. The van der Waals surface area contributed by atoms with E-state index in [0.29, 0.717) is 12.3 Å². The Labute approximate surface area is 135 Å². The van der Waals surface area contributed by atoms with Crippen LogP contribution in [0.3, 0.4) is 0 Å². The minimum Gasteiger partial charge on any atom is -0.444 e. The zero-order chi connectivity index (χ0) is 16.4. The zero-order valence-electron chi connectivity index (χ0n) is 14.7. The second-order valence-electron chi connectivity index (χ2n) is 7.09. The summed E-state index contributed by atoms with van der Waals surface area (Å²) in [5, 5.41) is 2.84. The molecule has 1 N–H and O–H groups in total. The number of alkyl carbamates (subject to hydrolysis) is 1. The van der Waals surface area contributed by atoms with Gasteiger partial charge >= 0.3 is 6.09 Å². The van der Waals surface area contributed by atoms with Crippen LogP contribution in [0.15, 0.2) is 12.2 Å². The molecular formula is C18H33NO3. The summed E-state index contributed by atoms with van der Waals surface area (Å²) in [5.74, 6) is 0.631. The van der Waals surface area contributed by atoms with E-state index in [-0.39, 0.29) is 6.23 Å². The summed E-state index contributed by atoms with van der Waals surface area (Å²) < 4.78 is 11.3. The Bertz CT molecular complexity index is 341. The summed E-state index contributed by atoms with van der Waals surface area (Å²) in [7, 11) is 0. The molecule has 4 nitrogen and oxygen atoms in total. The summed E-state index contributed by atoms with van der Waals surface area (Å²) in [5.41, 5.74) is -0.489. The van der Waals surface area contributed by atoms with Crippen LogP contribution in [0, 0.1) is 5.92 Å². The van der Waals surface area contributed by atoms with Crippen LogP contribution < -0.4 is 5.32 Å². The zero-order valence-corrected chi connectivity index (χ0v) is 14.7. The summed E-state index contributed by atoms with van der Waals surface area (Å²) in [6.45, 7) is 8.40. The number of allylic oxidation sites excluding steroid dienone is 1. The van der Waals surface area contributed by atoms with Gasteiger partial charge < -0.3 is 9.47 Å². The highest BCUT2D eigenvalue weighted by Gasteiger charge is 2.21. The molecule has 0 saturated heterocycles. The predicted octanol–water partition coefficient (Wildman–Crippen LogP) is 4.79. The minimum atomic E-state index is -0.489. The van der Waals surface area contributed by atoms with Crippen molar-refractivity contribution in [1.29, 1.82) is 0 Å². The van der Waals surface area contributed by atoms with Crippen molar-refractivity contribution in [2.24, 2.45) is 5.92 Å². The Morgan fingerprint density at radius 1 is 1.23 bits per heavy atom. The number of ether oxygens (including phenoxy) is 2. The number of hydrogen-bond acceptors (Lipinski definition) is 3. The van der Waals surface area contributed by atoms with Gasteiger partial charge in [-0.05, 0) is 46.0 Å². The first-order chi connectivity index (χ1) is 10.4. The Morgan fingerprint density at radius 2 is 1.91 bits per heavy atom. The normalized spacial score (nSPS) is 18.4. The van der Waals surface area contributed by atoms with E-state index in [1.54, 1.807) is 0 Å². The lowest BCUT2D eigenvalue weighted by molar-refractivity contribution is -0.00957. The van der Waals surface area contributed by atoms with E-state index in [1.165, 1.54) is 32.1 Å². The number of carbonyl (C=O) groups excluding carboxylic acids is 1. The summed E-state index contributed by atoms with van der Waals surface area (Å²) in [6.07, 6.45) is 11.5. The molecule has 0 aromatic rings. The van der Waals surface area contributed by atoms with Gasteiger partial charge in [-0.2, -0.15) is 0 Å². The van der Waals surface area contributed by atoms with Crippen LogP contribution in [0.4, 0.5) is 4.79 Å². The fourth-order valence-corrected chi connectivity index (χ4v) is 2.60. The maximum absolute atomic E-state index is 11.9. The van der Waals surface area contributed by atoms with E-state index in [9.17, 15) is 4.79 Å². The van der Waals surface area contributed by atoms with E-state index in [1.807, 2.05) is 20.8 Å². The van der Waals surface area contributed by atoms with Crippen molar-refractivity contribution in [2.75, 3.05) is 6.61 Å². The van der Waals surface area contributed by atoms with Crippen LogP contribution in [0.2, 0.25) is 0 Å². The third kappa shape index (κ3) is 9.08. The highest BCUT2D eigenvalue weighted by atomic mass is 16.6. The molecule has 0 aromatic heterocycles. The van der Waals surface area contributed by atoms with Gasteiger partial charge in [0.25, 0.3) is 0 Å². The number of rotatable bonds is 7. The molecule has 1 fully saturated rings. The van der Waals surface area contributed by atoms with Gasteiger partial charge in [0, 0.05) is 6.42 Å². The second kappa shape index (κ2) is 9.88. The van der Waals surface area contributed by atoms with Gasteiger partial charge in [-0.1, -0.05) is 38.3 Å². The number of carbonyl (C=O) groups is 1. The predicted molar refractivity (Wildman–Crippen MR) is 89.7 cm³/mol. The monoisotopic (exact) mass is 311 g/mol. The van der Waals surface area contributed by atoms with Crippen molar-refractivity contribution in [3.63, 3.8) is 0 Å². The quantitative estimate of drug-likeness (QED) is 0.543. The first-order valence-corrected chi connectivity index (χ1v) is 8.67. The van der Waals surface area contributed by atoms with Gasteiger partial charge in [-0.3, -0.25) is 5.32 Å². The van der Waals surface area contributed by atoms with Crippen LogP contribution >= 0.6 is 0 Å². The topological polar surface area (TPSA) is 47.6 Å². The third-order valence-corrected chi connectivity index (χ3v) is 3.69. The van der Waals surface area contributed by atoms with Crippen LogP contribution in [0.25, 0.3) is 0 Å². The number of nitrogens with one attached hydrogen (secondary N) is 1. The molecule has 0 spiro atoms. The first-order valence-electron chi connectivity index (χ1n) is 8.67. The van der Waals surface area contributed by atoms with Crippen molar-refractivity contribution in [3.05, 3.63) is 12.2 Å². The molecule has 1 atom stereocenters. The van der Waals surface area contributed by atoms with Gasteiger partial charge in [-0.25, -0.2) is 4.79 Å². The Balaban J connectivity index is 2.43. The molecule has 1 unspecified atom stereocenters. The van der Waals surface area contributed by atoms with Gasteiger partial charge in [0.1, 0.15) is 11.8 Å². The first kappa shape index (κ1) is 19.0. The number of hydrogen-bond donors (Lipinski definition) is 1. The average molecular weight is 311 g/mol. The van der Waals surface area contributed by atoms with E-state index >= 15 is 0 Å². The Kier molecular flexibility index (Phi) is 8.54. The highest BCUT2D eigenvalue weighted by molar-refractivity contribution is 5.67. The molecule has 1 aliphatic carbocycles. The molecule has 0 bridgehead atoms. The molecule has 0 radical (unpaired) electrons. The van der Waals surface area contributed by atoms with Crippen molar-refractivity contribution in [2.45, 2.75) is 84.5 Å². The van der Waals surface area contributed by atoms with Gasteiger partial charge in [0.05, 0.1) is 6.61 Å². The van der Waals surface area contributed by atoms with Crippen LogP contribution in [0.5, 0.6) is 0 Å². The van der Waals surface area contributed by atoms with Crippen LogP contribution in [-0.2, 0) is 9.47 Å². The maximum Gasteiger partial charge on any atom is 0.409 e. The average Bonchev–Trinajstić information content (AvgIpc) is 2.44. The smallest absolute Gasteiger partial charge is 0.409 e. The molecule has 4 heteroatoms. The standard InChI is InChI=1S/C18H33NO3/c1-5-6-8-13-16(19-17(20)22-18(2,3)4)21-14-15-11-9-7-10-12-15/h6,8,15-16H,5,7,9-14H2,1-4H3,(H,19,20)/b8-6-.